The van der Waals surface area contributed by atoms with Crippen LogP contribution in [0.1, 0.15) is 65.9 Å². The van der Waals surface area contributed by atoms with Crippen molar-refractivity contribution in [1.82, 2.24) is 5.32 Å². The second kappa shape index (κ2) is 10.6. The maximum Gasteiger partial charge on any atom is 0.407 e. The zero-order valence-electron chi connectivity index (χ0n) is 24.4. The summed E-state index contributed by atoms with van der Waals surface area (Å²) in [5.74, 6) is -0.592. The highest BCUT2D eigenvalue weighted by molar-refractivity contribution is 5.78. The van der Waals surface area contributed by atoms with E-state index >= 15 is 0 Å². The molecule has 3 fully saturated rings. The van der Waals surface area contributed by atoms with Gasteiger partial charge in [0.2, 0.25) is 0 Å². The van der Waals surface area contributed by atoms with Crippen molar-refractivity contribution < 1.29 is 29.3 Å². The Morgan fingerprint density at radius 3 is 2.58 bits per heavy atom. The second-order valence-corrected chi connectivity index (χ2v) is 13.4. The van der Waals surface area contributed by atoms with Gasteiger partial charge in [0.15, 0.2) is 6.10 Å². The lowest BCUT2D eigenvalue weighted by atomic mass is 9.53. The first-order valence-electron chi connectivity index (χ1n) is 14.8. The molecule has 1 heterocycles. The smallest absolute Gasteiger partial charge is 0.407 e. The summed E-state index contributed by atoms with van der Waals surface area (Å²) < 4.78 is 11.5. The molecule has 1 amide bonds. The van der Waals surface area contributed by atoms with Gasteiger partial charge in [0.25, 0.3) is 0 Å². The van der Waals surface area contributed by atoms with Crippen molar-refractivity contribution in [3.63, 3.8) is 0 Å². The highest BCUT2D eigenvalue weighted by Crippen LogP contribution is 2.63. The van der Waals surface area contributed by atoms with Crippen molar-refractivity contribution in [3.8, 4) is 0 Å². The number of hydrogen-bond acceptors (Lipinski definition) is 6. The molecular formula is C33H45NO6. The van der Waals surface area contributed by atoms with Crippen molar-refractivity contribution >= 4 is 12.1 Å². The number of esters is 1. The Morgan fingerprint density at radius 1 is 1.20 bits per heavy atom. The summed E-state index contributed by atoms with van der Waals surface area (Å²) in [6.45, 7) is 15.4. The molecule has 0 spiro atoms. The number of amides is 1. The van der Waals surface area contributed by atoms with Crippen LogP contribution in [-0.2, 0) is 20.8 Å². The molecular weight excluding hydrogens is 506 g/mol. The van der Waals surface area contributed by atoms with Gasteiger partial charge in [-0.15, -0.1) is 0 Å². The summed E-state index contributed by atoms with van der Waals surface area (Å²) in [4.78, 5) is 25.5. The molecule has 5 rings (SSSR count). The van der Waals surface area contributed by atoms with Gasteiger partial charge in [0.1, 0.15) is 17.8 Å². The van der Waals surface area contributed by atoms with Crippen LogP contribution < -0.4 is 5.32 Å². The summed E-state index contributed by atoms with van der Waals surface area (Å²) in [5.41, 5.74) is 0.997. The van der Waals surface area contributed by atoms with Crippen molar-refractivity contribution in [1.29, 1.82) is 0 Å². The van der Waals surface area contributed by atoms with Gasteiger partial charge in [-0.25, -0.2) is 9.59 Å². The predicted octanol–water partition coefficient (Wildman–Crippen LogP) is 5.17. The van der Waals surface area contributed by atoms with Crippen LogP contribution in [-0.4, -0.2) is 46.2 Å². The molecule has 0 bridgehead atoms. The van der Waals surface area contributed by atoms with Crippen LogP contribution in [0, 0.1) is 40.9 Å². The lowest BCUT2D eigenvalue weighted by Crippen LogP contribution is -2.63. The van der Waals surface area contributed by atoms with Crippen LogP contribution in [0.4, 0.5) is 4.79 Å². The largest absolute Gasteiger partial charge is 0.460 e. The Balaban J connectivity index is 1.41. The molecule has 1 aliphatic heterocycles. The molecule has 0 aromatic heterocycles. The minimum absolute atomic E-state index is 0.0610. The van der Waals surface area contributed by atoms with Crippen molar-refractivity contribution in [2.75, 3.05) is 0 Å². The number of hydrogen-bond donors (Lipinski definition) is 3. The normalized spacial score (nSPS) is 41.0. The molecule has 7 heteroatoms. The number of carbonyl (C=O) groups excluding carboxylic acids is 2. The lowest BCUT2D eigenvalue weighted by molar-refractivity contribution is -0.209. The Labute approximate surface area is 238 Å². The van der Waals surface area contributed by atoms with Gasteiger partial charge in [-0.05, 0) is 79.8 Å². The molecule has 7 nitrogen and oxygen atoms in total. The number of carbonyl (C=O) groups is 2. The minimum Gasteiger partial charge on any atom is -0.460 e. The van der Waals surface area contributed by atoms with Gasteiger partial charge < -0.3 is 25.0 Å². The van der Waals surface area contributed by atoms with Gasteiger partial charge in [-0.3, -0.25) is 0 Å². The summed E-state index contributed by atoms with van der Waals surface area (Å²) in [6.07, 6.45) is 2.25. The van der Waals surface area contributed by atoms with Gasteiger partial charge in [-0.2, -0.15) is 0 Å². The maximum atomic E-state index is 12.9. The fourth-order valence-corrected chi connectivity index (χ4v) is 8.67. The topological polar surface area (TPSA) is 105 Å². The number of alkyl carbamates (subject to hydrolysis) is 1. The molecule has 1 aromatic carbocycles. The summed E-state index contributed by atoms with van der Waals surface area (Å²) in [5, 5.41) is 25.9. The predicted molar refractivity (Wildman–Crippen MR) is 152 cm³/mol. The first-order chi connectivity index (χ1) is 18.9. The fourth-order valence-electron chi connectivity index (χ4n) is 8.67. The standard InChI is InChI=1S/C33H45NO6/c1-18(2)28-26-14-23-20(4)33(38)25(21(5)39-30(36)29(33)35)13-12-19(3)24(23)15-32(26,6)16-27(28)40-31(37)34-17-22-10-8-7-9-11-22/h7-12,18,21,23-29,35,38H,4,13-17H2,1-3,5-6H3,(H,34,37). The van der Waals surface area contributed by atoms with E-state index in [2.05, 4.69) is 45.7 Å². The van der Waals surface area contributed by atoms with Crippen molar-refractivity contribution in [2.24, 2.45) is 40.9 Å². The SMILES string of the molecule is C=C1C2CC3C(C(C)C)C(OC(=O)NCc4ccccc4)CC3(C)CC2C(C)=CCC2C(C)OC(=O)C(O)C12O. The zero-order valence-corrected chi connectivity index (χ0v) is 24.4. The van der Waals surface area contributed by atoms with E-state index < -0.39 is 35.8 Å². The van der Waals surface area contributed by atoms with Gasteiger partial charge in [0.05, 0.1) is 0 Å². The van der Waals surface area contributed by atoms with E-state index in [1.54, 1.807) is 6.92 Å². The fraction of sp³-hybridized carbons (Fsp3) is 0.636. The van der Waals surface area contributed by atoms with E-state index in [4.69, 9.17) is 9.47 Å². The molecule has 3 N–H and O–H groups in total. The highest BCUT2D eigenvalue weighted by atomic mass is 16.6. The molecule has 218 valence electrons. The minimum atomic E-state index is -1.75. The number of benzene rings is 1. The molecule has 1 aromatic rings. The third-order valence-electron chi connectivity index (χ3n) is 10.8. The highest BCUT2D eigenvalue weighted by Gasteiger charge is 2.62. The molecule has 10 atom stereocenters. The van der Waals surface area contributed by atoms with Crippen LogP contribution in [0.2, 0.25) is 0 Å². The quantitative estimate of drug-likeness (QED) is 0.353. The van der Waals surface area contributed by atoms with Crippen LogP contribution in [0.15, 0.2) is 54.1 Å². The number of allylic oxidation sites excluding steroid dienone is 2. The van der Waals surface area contributed by atoms with Gasteiger partial charge in [0, 0.05) is 18.4 Å². The number of aliphatic hydroxyl groups is 2. The Hall–Kier alpha value is -2.64. The Kier molecular flexibility index (Phi) is 7.68. The number of fused-ring (bicyclic) bond motifs is 3. The first-order valence-corrected chi connectivity index (χ1v) is 14.8. The van der Waals surface area contributed by atoms with Crippen molar-refractivity contribution in [3.05, 3.63) is 59.7 Å². The third kappa shape index (κ3) is 4.79. The number of ether oxygens (including phenoxy) is 2. The number of rotatable bonds is 4. The molecule has 40 heavy (non-hydrogen) atoms. The average Bonchev–Trinajstić information content (AvgIpc) is 3.20. The number of aliphatic hydroxyl groups excluding tert-OH is 1. The molecule has 1 saturated heterocycles. The monoisotopic (exact) mass is 551 g/mol. The molecule has 3 aliphatic carbocycles. The van der Waals surface area contributed by atoms with Gasteiger partial charge >= 0.3 is 12.1 Å². The van der Waals surface area contributed by atoms with Crippen LogP contribution in [0.25, 0.3) is 0 Å². The van der Waals surface area contributed by atoms with E-state index in [-0.39, 0.29) is 41.1 Å². The van der Waals surface area contributed by atoms with Crippen LogP contribution in [0.5, 0.6) is 0 Å². The summed E-state index contributed by atoms with van der Waals surface area (Å²) >= 11 is 0. The Bertz CT molecular complexity index is 1180. The summed E-state index contributed by atoms with van der Waals surface area (Å²) in [7, 11) is 0. The third-order valence-corrected chi connectivity index (χ3v) is 10.8. The Morgan fingerprint density at radius 2 is 1.90 bits per heavy atom. The lowest BCUT2D eigenvalue weighted by Gasteiger charge is -2.54. The zero-order chi connectivity index (χ0) is 29.0. The number of cyclic esters (lactones) is 1. The molecule has 10 unspecified atom stereocenters. The van der Waals surface area contributed by atoms with E-state index in [0.29, 0.717) is 18.5 Å². The van der Waals surface area contributed by atoms with E-state index in [1.165, 1.54) is 5.57 Å². The average molecular weight is 552 g/mol. The molecule has 0 radical (unpaired) electrons. The molecule has 4 aliphatic rings. The van der Waals surface area contributed by atoms with Crippen LogP contribution >= 0.6 is 0 Å². The first kappa shape index (κ1) is 28.9. The number of nitrogens with one attached hydrogen (secondary N) is 1. The van der Waals surface area contributed by atoms with Crippen LogP contribution in [0.3, 0.4) is 0 Å². The second-order valence-electron chi connectivity index (χ2n) is 13.4. The van der Waals surface area contributed by atoms with E-state index in [1.807, 2.05) is 30.3 Å². The van der Waals surface area contributed by atoms with E-state index in [0.717, 1.165) is 24.8 Å². The van der Waals surface area contributed by atoms with Crippen molar-refractivity contribution in [2.45, 2.75) is 90.8 Å². The van der Waals surface area contributed by atoms with E-state index in [9.17, 15) is 19.8 Å². The molecule has 2 saturated carbocycles. The summed E-state index contributed by atoms with van der Waals surface area (Å²) in [6, 6.07) is 9.79. The van der Waals surface area contributed by atoms with Gasteiger partial charge in [-0.1, -0.05) is 69.3 Å². The maximum absolute atomic E-state index is 12.9.